The lowest BCUT2D eigenvalue weighted by molar-refractivity contribution is -0.120. The van der Waals surface area contributed by atoms with Crippen LogP contribution in [0.1, 0.15) is 29.6 Å². The second kappa shape index (κ2) is 8.43. The Morgan fingerprint density at radius 1 is 0.903 bits per heavy atom. The molecular weight excluding hydrogens is 420 g/mol. The summed E-state index contributed by atoms with van der Waals surface area (Å²) in [6.45, 7) is 0. The van der Waals surface area contributed by atoms with E-state index in [2.05, 4.69) is 10.6 Å². The monoisotopic (exact) mass is 442 g/mol. The van der Waals surface area contributed by atoms with Gasteiger partial charge in [-0.3, -0.25) is 9.59 Å². The van der Waals surface area contributed by atoms with Crippen LogP contribution >= 0.6 is 0 Å². The van der Waals surface area contributed by atoms with E-state index in [1.807, 2.05) is 0 Å². The van der Waals surface area contributed by atoms with E-state index in [1.165, 1.54) is 18.4 Å². The fraction of sp³-hybridized carbons (Fsp3) is 0.273. The normalized spacial score (nSPS) is 20.0. The second-order valence-electron chi connectivity index (χ2n) is 7.51. The number of nitrogens with one attached hydrogen (secondary N) is 2. The van der Waals surface area contributed by atoms with E-state index in [1.54, 1.807) is 36.4 Å². The topological polar surface area (TPSA) is 111 Å². The van der Waals surface area contributed by atoms with Gasteiger partial charge in [-0.25, -0.2) is 8.42 Å². The highest BCUT2D eigenvalue weighted by Crippen LogP contribution is 2.32. The van der Waals surface area contributed by atoms with Crippen LogP contribution in [0.5, 0.6) is 11.5 Å². The van der Waals surface area contributed by atoms with Gasteiger partial charge in [-0.2, -0.15) is 0 Å². The summed E-state index contributed by atoms with van der Waals surface area (Å²) in [5.74, 6) is 0.0614. The summed E-state index contributed by atoms with van der Waals surface area (Å²) < 4.78 is 35.1. The quantitative estimate of drug-likeness (QED) is 0.734. The summed E-state index contributed by atoms with van der Waals surface area (Å²) >= 11 is 0. The van der Waals surface area contributed by atoms with Gasteiger partial charge in [0, 0.05) is 18.3 Å². The number of ether oxygens (including phenoxy) is 2. The summed E-state index contributed by atoms with van der Waals surface area (Å²) in [5, 5.41) is 5.76. The van der Waals surface area contributed by atoms with E-state index in [-0.39, 0.29) is 28.3 Å². The van der Waals surface area contributed by atoms with E-state index in [0.29, 0.717) is 24.3 Å². The molecule has 2 amide bonds. The van der Waals surface area contributed by atoms with Gasteiger partial charge in [-0.05, 0) is 43.5 Å². The Balaban J connectivity index is 1.43. The molecule has 1 aliphatic carbocycles. The molecule has 1 aliphatic heterocycles. The largest absolute Gasteiger partial charge is 0.457 e. The number of hydrogen-bond donors (Lipinski definition) is 2. The van der Waals surface area contributed by atoms with Gasteiger partial charge >= 0.3 is 0 Å². The first-order chi connectivity index (χ1) is 14.8. The maximum atomic E-state index is 12.8. The highest BCUT2D eigenvalue weighted by Gasteiger charge is 2.32. The van der Waals surface area contributed by atoms with Crippen molar-refractivity contribution in [1.82, 2.24) is 10.6 Å². The van der Waals surface area contributed by atoms with Gasteiger partial charge in [0.25, 0.3) is 11.8 Å². The predicted molar refractivity (Wildman–Crippen MR) is 112 cm³/mol. The molecule has 2 N–H and O–H groups in total. The third-order valence-corrected chi connectivity index (χ3v) is 6.42. The molecule has 1 heterocycles. The molecule has 2 aliphatic rings. The van der Waals surface area contributed by atoms with E-state index in [4.69, 9.17) is 9.47 Å². The van der Waals surface area contributed by atoms with Crippen LogP contribution in [0.2, 0.25) is 0 Å². The molecule has 162 valence electrons. The van der Waals surface area contributed by atoms with Crippen LogP contribution in [0.3, 0.4) is 0 Å². The average Bonchev–Trinajstić information content (AvgIpc) is 3.19. The van der Waals surface area contributed by atoms with Gasteiger partial charge in [-0.1, -0.05) is 24.3 Å². The molecule has 0 spiro atoms. The Hall–Kier alpha value is -3.33. The number of fused-ring (bicyclic) bond motifs is 1. The molecule has 0 saturated heterocycles. The second-order valence-corrected chi connectivity index (χ2v) is 9.49. The zero-order valence-corrected chi connectivity index (χ0v) is 17.6. The van der Waals surface area contributed by atoms with Crippen molar-refractivity contribution >= 4 is 21.7 Å². The highest BCUT2D eigenvalue weighted by molar-refractivity contribution is 7.90. The number of hydrogen-bond acceptors (Lipinski definition) is 6. The standard InChI is InChI=1S/C22H22N2O6S/c1-31(27,28)20-12-5-2-7-14(20)21(25)23-15-8-6-9-16(15)24-22(26)19-13-29-17-10-3-4-11-18(17)30-19/h2-5,7,10-13,15-16H,6,8-9H2,1H3,(H,23,25)(H,24,26)/t15-,16-/m1/s1. The van der Waals surface area contributed by atoms with Crippen LogP contribution in [0.4, 0.5) is 0 Å². The van der Waals surface area contributed by atoms with Crippen molar-refractivity contribution in [1.29, 1.82) is 0 Å². The lowest BCUT2D eigenvalue weighted by atomic mass is 10.1. The Bertz CT molecular complexity index is 1160. The smallest absolute Gasteiger partial charge is 0.290 e. The zero-order chi connectivity index (χ0) is 22.0. The van der Waals surface area contributed by atoms with Crippen LogP contribution in [0.15, 0.2) is 65.4 Å². The van der Waals surface area contributed by atoms with E-state index < -0.39 is 21.7 Å². The van der Waals surface area contributed by atoms with Gasteiger partial charge in [0.15, 0.2) is 21.3 Å². The molecule has 8 nitrogen and oxygen atoms in total. The molecule has 0 unspecified atom stereocenters. The van der Waals surface area contributed by atoms with Crippen molar-refractivity contribution in [2.24, 2.45) is 0 Å². The number of sulfone groups is 1. The number of rotatable bonds is 5. The fourth-order valence-electron chi connectivity index (χ4n) is 3.76. The zero-order valence-electron chi connectivity index (χ0n) is 16.8. The third-order valence-electron chi connectivity index (χ3n) is 5.27. The van der Waals surface area contributed by atoms with Crippen LogP contribution < -0.4 is 20.1 Å². The van der Waals surface area contributed by atoms with Crippen LogP contribution in [-0.4, -0.2) is 38.6 Å². The minimum atomic E-state index is -3.55. The Morgan fingerprint density at radius 2 is 1.52 bits per heavy atom. The Labute approximate surface area is 180 Å². The summed E-state index contributed by atoms with van der Waals surface area (Å²) in [6.07, 6.45) is 4.47. The van der Waals surface area contributed by atoms with Gasteiger partial charge in [-0.15, -0.1) is 0 Å². The lowest BCUT2D eigenvalue weighted by Crippen LogP contribution is -2.49. The molecule has 31 heavy (non-hydrogen) atoms. The molecule has 2 atom stereocenters. The molecule has 0 aromatic heterocycles. The number of amides is 2. The first kappa shape index (κ1) is 20.9. The minimum Gasteiger partial charge on any atom is -0.457 e. The maximum absolute atomic E-state index is 12.8. The van der Waals surface area contributed by atoms with Crippen molar-refractivity contribution in [3.05, 3.63) is 66.1 Å². The Kier molecular flexibility index (Phi) is 5.69. The average molecular weight is 442 g/mol. The van der Waals surface area contributed by atoms with Crippen molar-refractivity contribution < 1.29 is 27.5 Å². The van der Waals surface area contributed by atoms with Gasteiger partial charge in [0.1, 0.15) is 6.26 Å². The molecule has 0 radical (unpaired) electrons. The highest BCUT2D eigenvalue weighted by atomic mass is 32.2. The molecule has 9 heteroatoms. The van der Waals surface area contributed by atoms with E-state index >= 15 is 0 Å². The van der Waals surface area contributed by atoms with Crippen LogP contribution in [0.25, 0.3) is 0 Å². The summed E-state index contributed by atoms with van der Waals surface area (Å²) in [4.78, 5) is 25.4. The molecule has 4 rings (SSSR count). The van der Waals surface area contributed by atoms with Gasteiger partial charge in [0.05, 0.1) is 10.5 Å². The molecule has 1 fully saturated rings. The van der Waals surface area contributed by atoms with Gasteiger partial charge < -0.3 is 20.1 Å². The third kappa shape index (κ3) is 4.56. The molecular formula is C22H22N2O6S. The summed E-state index contributed by atoms with van der Waals surface area (Å²) in [6, 6.07) is 12.4. The lowest BCUT2D eigenvalue weighted by Gasteiger charge is -2.24. The number of carbonyl (C=O) groups is 2. The SMILES string of the molecule is CS(=O)(=O)c1ccccc1C(=O)N[C@@H]1CCC[C@H]1NC(=O)C1=COc2ccccc2O1. The first-order valence-corrected chi connectivity index (χ1v) is 11.8. The number of carbonyl (C=O) groups excluding carboxylic acids is 2. The predicted octanol–water partition coefficient (Wildman–Crippen LogP) is 2.17. The van der Waals surface area contributed by atoms with Crippen molar-refractivity contribution in [2.75, 3.05) is 6.26 Å². The summed E-state index contributed by atoms with van der Waals surface area (Å²) in [7, 11) is -3.55. The van der Waals surface area contributed by atoms with E-state index in [0.717, 1.165) is 12.7 Å². The number of para-hydroxylation sites is 2. The first-order valence-electron chi connectivity index (χ1n) is 9.87. The summed E-state index contributed by atoms with van der Waals surface area (Å²) in [5.41, 5.74) is 0.0882. The van der Waals surface area contributed by atoms with Crippen LogP contribution in [-0.2, 0) is 14.6 Å². The number of benzene rings is 2. The van der Waals surface area contributed by atoms with Gasteiger partial charge in [0.2, 0.25) is 5.76 Å². The fourth-order valence-corrected chi connectivity index (χ4v) is 4.65. The minimum absolute atomic E-state index is 0.0253. The molecule has 1 saturated carbocycles. The molecule has 0 bridgehead atoms. The molecule has 2 aromatic rings. The molecule has 2 aromatic carbocycles. The van der Waals surface area contributed by atoms with Crippen molar-refractivity contribution in [3.8, 4) is 11.5 Å². The van der Waals surface area contributed by atoms with Crippen molar-refractivity contribution in [3.63, 3.8) is 0 Å². The Morgan fingerprint density at radius 3 is 2.23 bits per heavy atom. The van der Waals surface area contributed by atoms with Crippen molar-refractivity contribution in [2.45, 2.75) is 36.2 Å². The van der Waals surface area contributed by atoms with E-state index in [9.17, 15) is 18.0 Å². The maximum Gasteiger partial charge on any atom is 0.290 e. The van der Waals surface area contributed by atoms with Crippen LogP contribution in [0, 0.1) is 0 Å².